The van der Waals surface area contributed by atoms with Crippen molar-refractivity contribution in [1.29, 1.82) is 0 Å². The van der Waals surface area contributed by atoms with Crippen LogP contribution in [0.15, 0.2) is 30.5 Å². The van der Waals surface area contributed by atoms with Crippen molar-refractivity contribution in [3.8, 4) is 11.8 Å². The minimum atomic E-state index is -0.0376. The predicted molar refractivity (Wildman–Crippen MR) is 145 cm³/mol. The maximum absolute atomic E-state index is 12.8. The maximum atomic E-state index is 12.8. The molecule has 188 valence electrons. The van der Waals surface area contributed by atoms with Gasteiger partial charge < -0.3 is 15.4 Å². The summed E-state index contributed by atoms with van der Waals surface area (Å²) in [7, 11) is 2.04. The summed E-state index contributed by atoms with van der Waals surface area (Å²) >= 11 is 7.59. The Bertz CT molecular complexity index is 1460. The molecular formula is C26H29ClN6O2S. The molecule has 1 aliphatic rings. The Morgan fingerprint density at radius 3 is 2.78 bits per heavy atom. The molecule has 4 aromatic rings. The number of pyridine rings is 1. The second kappa shape index (κ2) is 9.46. The summed E-state index contributed by atoms with van der Waals surface area (Å²) in [5.41, 5.74) is 2.43. The van der Waals surface area contributed by atoms with Crippen LogP contribution in [0, 0.1) is 0 Å². The van der Waals surface area contributed by atoms with Gasteiger partial charge in [0.1, 0.15) is 4.88 Å². The monoisotopic (exact) mass is 524 g/mol. The molecule has 1 atom stereocenters. The van der Waals surface area contributed by atoms with Gasteiger partial charge in [0, 0.05) is 58.0 Å². The molecule has 5 rings (SSSR count). The van der Waals surface area contributed by atoms with Gasteiger partial charge >= 0.3 is 0 Å². The lowest BCUT2D eigenvalue weighted by Crippen LogP contribution is -2.37. The maximum Gasteiger partial charge on any atom is 0.263 e. The third-order valence-corrected chi connectivity index (χ3v) is 7.94. The van der Waals surface area contributed by atoms with Crippen molar-refractivity contribution in [2.45, 2.75) is 52.2 Å². The Balaban J connectivity index is 1.51. The molecule has 0 spiro atoms. The number of thiophene rings is 1. The number of carbonyl (C=O) groups is 1. The van der Waals surface area contributed by atoms with Crippen molar-refractivity contribution in [3.63, 3.8) is 0 Å². The summed E-state index contributed by atoms with van der Waals surface area (Å²) in [5.74, 6) is 0.763. The molecule has 0 bridgehead atoms. The minimum Gasteiger partial charge on any atom is -0.420 e. The number of benzene rings is 1. The standard InChI is InChI=1S/C26H29ClN6O2S/c1-6-15-12-28-21-20-16-7-10-19(31-17(16)8-9-18(20)36-22(21)23(34)30-15)35-24-14(11-29-25(27)32-24)13-33(5)26(2,3)4/h7-11,15,28H,6,12-13H2,1-5H3,(H,30,34)/t15-/m1/s1. The molecular weight excluding hydrogens is 496 g/mol. The molecule has 8 nitrogen and oxygen atoms in total. The van der Waals surface area contributed by atoms with Crippen LogP contribution in [0.1, 0.15) is 49.4 Å². The average molecular weight is 525 g/mol. The Morgan fingerprint density at radius 1 is 1.22 bits per heavy atom. The largest absolute Gasteiger partial charge is 0.420 e. The molecule has 4 heterocycles. The number of rotatable bonds is 5. The van der Waals surface area contributed by atoms with Crippen molar-refractivity contribution >= 4 is 55.5 Å². The van der Waals surface area contributed by atoms with Crippen LogP contribution in [0.3, 0.4) is 0 Å². The fourth-order valence-electron chi connectivity index (χ4n) is 4.10. The fraction of sp³-hybridized carbons (Fsp3) is 0.385. The summed E-state index contributed by atoms with van der Waals surface area (Å²) in [6, 6.07) is 7.87. The van der Waals surface area contributed by atoms with Gasteiger partial charge in [-0.2, -0.15) is 4.98 Å². The molecule has 0 unspecified atom stereocenters. The molecule has 1 amide bonds. The number of fused-ring (bicyclic) bond motifs is 5. The van der Waals surface area contributed by atoms with Gasteiger partial charge in [0.05, 0.1) is 11.2 Å². The van der Waals surface area contributed by atoms with Gasteiger partial charge in [0.15, 0.2) is 0 Å². The molecule has 0 saturated carbocycles. The number of hydrogen-bond donors (Lipinski definition) is 2. The summed E-state index contributed by atoms with van der Waals surface area (Å²) in [6.45, 7) is 9.78. The quantitative estimate of drug-likeness (QED) is 0.316. The smallest absolute Gasteiger partial charge is 0.263 e. The molecule has 0 fully saturated rings. The first-order chi connectivity index (χ1) is 17.1. The number of nitrogens with zero attached hydrogens (tertiary/aromatic N) is 4. The molecule has 3 aromatic heterocycles. The Hall–Kier alpha value is -3.01. The molecule has 1 aliphatic heterocycles. The van der Waals surface area contributed by atoms with Gasteiger partial charge in [0.2, 0.25) is 17.0 Å². The Labute approximate surface area is 219 Å². The van der Waals surface area contributed by atoms with E-state index in [1.165, 1.54) is 11.3 Å². The van der Waals surface area contributed by atoms with Crippen LogP contribution < -0.4 is 15.4 Å². The van der Waals surface area contributed by atoms with Crippen molar-refractivity contribution in [3.05, 3.63) is 46.2 Å². The second-order valence-corrected chi connectivity index (χ2v) is 11.4. The van der Waals surface area contributed by atoms with Gasteiger partial charge in [-0.05, 0) is 64.0 Å². The first-order valence-corrected chi connectivity index (χ1v) is 13.1. The molecule has 0 aliphatic carbocycles. The second-order valence-electron chi connectivity index (χ2n) is 10.0. The van der Waals surface area contributed by atoms with Gasteiger partial charge in [-0.1, -0.05) is 6.92 Å². The zero-order chi connectivity index (χ0) is 25.6. The number of carbonyl (C=O) groups excluding carboxylic acids is 1. The highest BCUT2D eigenvalue weighted by molar-refractivity contribution is 7.21. The third kappa shape index (κ3) is 4.70. The number of ether oxygens (including phenoxy) is 1. The molecule has 0 radical (unpaired) electrons. The van der Waals surface area contributed by atoms with Crippen LogP contribution in [-0.4, -0.2) is 50.9 Å². The van der Waals surface area contributed by atoms with Crippen molar-refractivity contribution in [2.24, 2.45) is 0 Å². The van der Waals surface area contributed by atoms with Crippen LogP contribution in [-0.2, 0) is 6.54 Å². The zero-order valence-electron chi connectivity index (χ0n) is 21.0. The Morgan fingerprint density at radius 2 is 2.03 bits per heavy atom. The number of amides is 1. The van der Waals surface area contributed by atoms with Crippen LogP contribution >= 0.6 is 22.9 Å². The highest BCUT2D eigenvalue weighted by Gasteiger charge is 2.26. The first kappa shape index (κ1) is 24.7. The molecule has 1 aromatic carbocycles. The molecule has 2 N–H and O–H groups in total. The van der Waals surface area contributed by atoms with Crippen LogP contribution in [0.5, 0.6) is 11.8 Å². The first-order valence-electron chi connectivity index (χ1n) is 12.0. The molecule has 36 heavy (non-hydrogen) atoms. The molecule has 10 heteroatoms. The van der Waals surface area contributed by atoms with Gasteiger partial charge in [-0.15, -0.1) is 11.3 Å². The van der Waals surface area contributed by atoms with E-state index in [1.54, 1.807) is 6.20 Å². The van der Waals surface area contributed by atoms with Crippen molar-refractivity contribution in [2.75, 3.05) is 18.9 Å². The number of anilines is 1. The minimum absolute atomic E-state index is 0.0301. The van der Waals surface area contributed by atoms with Gasteiger partial charge in [-0.25, -0.2) is 9.97 Å². The van der Waals surface area contributed by atoms with Gasteiger partial charge in [0.25, 0.3) is 5.91 Å². The van der Waals surface area contributed by atoms with Crippen molar-refractivity contribution < 1.29 is 9.53 Å². The van der Waals surface area contributed by atoms with Crippen LogP contribution in [0.4, 0.5) is 5.69 Å². The van der Waals surface area contributed by atoms with E-state index in [9.17, 15) is 4.79 Å². The topological polar surface area (TPSA) is 92.3 Å². The van der Waals surface area contributed by atoms with Crippen LogP contribution in [0.25, 0.3) is 21.0 Å². The highest BCUT2D eigenvalue weighted by atomic mass is 35.5. The predicted octanol–water partition coefficient (Wildman–Crippen LogP) is 5.85. The van der Waals surface area contributed by atoms with E-state index in [2.05, 4.69) is 53.2 Å². The lowest BCUT2D eigenvalue weighted by atomic mass is 10.1. The van der Waals surface area contributed by atoms with Gasteiger partial charge in [-0.3, -0.25) is 9.69 Å². The molecule has 0 saturated heterocycles. The SMILES string of the molecule is CC[C@@H]1CNc2c(sc3ccc4nc(Oc5nc(Cl)ncc5CN(C)C(C)(C)C)ccc4c23)C(=O)N1. The van der Waals surface area contributed by atoms with E-state index in [4.69, 9.17) is 21.3 Å². The van der Waals surface area contributed by atoms with E-state index in [0.717, 1.165) is 38.7 Å². The number of aromatic nitrogens is 3. The highest BCUT2D eigenvalue weighted by Crippen LogP contribution is 2.41. The Kier molecular flexibility index (Phi) is 6.48. The summed E-state index contributed by atoms with van der Waals surface area (Å²) in [6.07, 6.45) is 2.56. The van der Waals surface area contributed by atoms with Crippen LogP contribution in [0.2, 0.25) is 5.28 Å². The average Bonchev–Trinajstić information content (AvgIpc) is 3.14. The zero-order valence-corrected chi connectivity index (χ0v) is 22.5. The fourth-order valence-corrected chi connectivity index (χ4v) is 5.32. The summed E-state index contributed by atoms with van der Waals surface area (Å²) in [4.78, 5) is 29.0. The van der Waals surface area contributed by atoms with E-state index in [-0.39, 0.29) is 22.8 Å². The third-order valence-electron chi connectivity index (χ3n) is 6.61. The number of nitrogens with one attached hydrogen (secondary N) is 2. The normalized spacial score (nSPS) is 16.1. The summed E-state index contributed by atoms with van der Waals surface area (Å²) in [5, 5.41) is 8.70. The van der Waals surface area contributed by atoms with E-state index < -0.39 is 0 Å². The number of halogens is 1. The summed E-state index contributed by atoms with van der Waals surface area (Å²) < 4.78 is 7.17. The number of hydrogen-bond acceptors (Lipinski definition) is 8. The van der Waals surface area contributed by atoms with E-state index >= 15 is 0 Å². The lowest BCUT2D eigenvalue weighted by Gasteiger charge is -2.31. The lowest BCUT2D eigenvalue weighted by molar-refractivity contribution is 0.0945. The van der Waals surface area contributed by atoms with Crippen molar-refractivity contribution in [1.82, 2.24) is 25.2 Å². The van der Waals surface area contributed by atoms with E-state index in [0.29, 0.717) is 29.7 Å². The van der Waals surface area contributed by atoms with E-state index in [1.807, 2.05) is 31.3 Å².